The van der Waals surface area contributed by atoms with Gasteiger partial charge in [-0.2, -0.15) is 0 Å². The van der Waals surface area contributed by atoms with E-state index in [0.29, 0.717) is 5.75 Å². The Bertz CT molecular complexity index is 406. The van der Waals surface area contributed by atoms with Crippen molar-refractivity contribution in [1.29, 1.82) is 0 Å². The van der Waals surface area contributed by atoms with Crippen molar-refractivity contribution in [1.82, 2.24) is 15.4 Å². The van der Waals surface area contributed by atoms with Crippen LogP contribution in [0.5, 0.6) is 0 Å². The highest BCUT2D eigenvalue weighted by atomic mass is 32.2. The molecule has 2 heterocycles. The molecule has 1 fully saturated rings. The molecule has 2 rings (SSSR count). The first-order valence-corrected chi connectivity index (χ1v) is 7.82. The molecular formula is C13H21N3O2S. The number of thioether (sulfide) groups is 1. The van der Waals surface area contributed by atoms with Crippen molar-refractivity contribution >= 4 is 17.7 Å². The van der Waals surface area contributed by atoms with E-state index in [1.165, 1.54) is 0 Å². The number of amides is 1. The van der Waals surface area contributed by atoms with Crippen molar-refractivity contribution in [3.8, 4) is 0 Å². The summed E-state index contributed by atoms with van der Waals surface area (Å²) in [5, 5.41) is 7.23. The average molecular weight is 283 g/mol. The quantitative estimate of drug-likeness (QED) is 0.904. The molecule has 1 aliphatic heterocycles. The van der Waals surface area contributed by atoms with Gasteiger partial charge in [0.2, 0.25) is 5.91 Å². The molecule has 1 aliphatic rings. The van der Waals surface area contributed by atoms with E-state index in [1.54, 1.807) is 11.8 Å². The first kappa shape index (κ1) is 14.4. The average Bonchev–Trinajstić information content (AvgIpc) is 2.64. The van der Waals surface area contributed by atoms with Gasteiger partial charge in [-0.3, -0.25) is 4.79 Å². The maximum atomic E-state index is 12.1. The number of hydrogen-bond donors (Lipinski definition) is 1. The summed E-state index contributed by atoms with van der Waals surface area (Å²) in [7, 11) is 0. The fourth-order valence-corrected chi connectivity index (χ4v) is 3.21. The lowest BCUT2D eigenvalue weighted by atomic mass is 10.2. The number of rotatable bonds is 4. The van der Waals surface area contributed by atoms with Crippen LogP contribution in [0.25, 0.3) is 0 Å². The summed E-state index contributed by atoms with van der Waals surface area (Å²) < 4.78 is 5.12. The molecule has 5 nitrogen and oxygen atoms in total. The number of aromatic nitrogens is 1. The standard InChI is InChI=1S/C13H21N3O2S/c1-10-12(11(2)18-15-10)8-19-9-13(17)16-6-3-4-14-5-7-16/h14H,3-9H2,1-2H3. The number of aryl methyl sites for hydroxylation is 2. The van der Waals surface area contributed by atoms with Crippen LogP contribution in [0.3, 0.4) is 0 Å². The smallest absolute Gasteiger partial charge is 0.232 e. The minimum Gasteiger partial charge on any atom is -0.361 e. The van der Waals surface area contributed by atoms with Gasteiger partial charge in [0.05, 0.1) is 11.4 Å². The molecular weight excluding hydrogens is 262 g/mol. The first-order chi connectivity index (χ1) is 9.18. The zero-order chi connectivity index (χ0) is 13.7. The van der Waals surface area contributed by atoms with Gasteiger partial charge in [0, 0.05) is 31.0 Å². The Kier molecular flexibility index (Phi) is 5.27. The van der Waals surface area contributed by atoms with Crippen LogP contribution in [0, 0.1) is 13.8 Å². The molecule has 0 bridgehead atoms. The monoisotopic (exact) mass is 283 g/mol. The lowest BCUT2D eigenvalue weighted by Gasteiger charge is -2.19. The van der Waals surface area contributed by atoms with Crippen LogP contribution in [0.4, 0.5) is 0 Å². The predicted molar refractivity (Wildman–Crippen MR) is 76.2 cm³/mol. The van der Waals surface area contributed by atoms with Gasteiger partial charge >= 0.3 is 0 Å². The van der Waals surface area contributed by atoms with E-state index in [9.17, 15) is 4.79 Å². The minimum atomic E-state index is 0.237. The van der Waals surface area contributed by atoms with Crippen molar-refractivity contribution in [2.24, 2.45) is 0 Å². The summed E-state index contributed by atoms with van der Waals surface area (Å²) in [6.07, 6.45) is 1.04. The van der Waals surface area contributed by atoms with Gasteiger partial charge in [-0.05, 0) is 26.8 Å². The van der Waals surface area contributed by atoms with Gasteiger partial charge < -0.3 is 14.7 Å². The molecule has 0 aliphatic carbocycles. The zero-order valence-electron chi connectivity index (χ0n) is 11.6. The number of carbonyl (C=O) groups excluding carboxylic acids is 1. The molecule has 0 aromatic carbocycles. The third-order valence-electron chi connectivity index (χ3n) is 3.35. The van der Waals surface area contributed by atoms with Gasteiger partial charge in [-0.15, -0.1) is 11.8 Å². The largest absolute Gasteiger partial charge is 0.361 e. The molecule has 0 atom stereocenters. The maximum absolute atomic E-state index is 12.1. The fourth-order valence-electron chi connectivity index (χ4n) is 2.13. The Labute approximate surface area is 118 Å². The second-order valence-corrected chi connectivity index (χ2v) is 5.77. The number of nitrogens with one attached hydrogen (secondary N) is 1. The third kappa shape index (κ3) is 3.98. The Morgan fingerprint density at radius 1 is 1.42 bits per heavy atom. The lowest BCUT2D eigenvalue weighted by molar-refractivity contribution is -0.128. The van der Waals surface area contributed by atoms with E-state index in [0.717, 1.165) is 55.4 Å². The van der Waals surface area contributed by atoms with E-state index in [2.05, 4.69) is 10.5 Å². The van der Waals surface area contributed by atoms with E-state index < -0.39 is 0 Å². The van der Waals surface area contributed by atoms with Crippen molar-refractivity contribution in [2.45, 2.75) is 26.0 Å². The van der Waals surface area contributed by atoms with Crippen LogP contribution in [-0.2, 0) is 10.5 Å². The Morgan fingerprint density at radius 2 is 2.26 bits per heavy atom. The summed E-state index contributed by atoms with van der Waals surface area (Å²) >= 11 is 1.64. The SMILES string of the molecule is Cc1noc(C)c1CSCC(=O)N1CCCNCC1. The van der Waals surface area contributed by atoms with Gasteiger partial charge in [-0.25, -0.2) is 0 Å². The molecule has 106 valence electrons. The van der Waals surface area contributed by atoms with Gasteiger partial charge in [0.1, 0.15) is 5.76 Å². The molecule has 6 heteroatoms. The first-order valence-electron chi connectivity index (χ1n) is 6.66. The second kappa shape index (κ2) is 6.96. The van der Waals surface area contributed by atoms with Crippen LogP contribution in [-0.4, -0.2) is 47.9 Å². The highest BCUT2D eigenvalue weighted by Gasteiger charge is 2.16. The van der Waals surface area contributed by atoms with Crippen LogP contribution in [0.15, 0.2) is 4.52 Å². The van der Waals surface area contributed by atoms with Crippen LogP contribution < -0.4 is 5.32 Å². The highest BCUT2D eigenvalue weighted by molar-refractivity contribution is 7.99. The fraction of sp³-hybridized carbons (Fsp3) is 0.692. The van der Waals surface area contributed by atoms with Gasteiger partial charge in [-0.1, -0.05) is 5.16 Å². The van der Waals surface area contributed by atoms with Crippen molar-refractivity contribution in [2.75, 3.05) is 31.9 Å². The molecule has 0 saturated carbocycles. The molecule has 0 radical (unpaired) electrons. The van der Waals surface area contributed by atoms with Crippen molar-refractivity contribution in [3.63, 3.8) is 0 Å². The van der Waals surface area contributed by atoms with E-state index >= 15 is 0 Å². The molecule has 1 N–H and O–H groups in total. The van der Waals surface area contributed by atoms with Crippen LogP contribution >= 0.6 is 11.8 Å². The summed E-state index contributed by atoms with van der Waals surface area (Å²) in [4.78, 5) is 14.0. The predicted octanol–water partition coefficient (Wildman–Crippen LogP) is 1.35. The molecule has 0 spiro atoms. The van der Waals surface area contributed by atoms with Gasteiger partial charge in [0.25, 0.3) is 0 Å². The summed E-state index contributed by atoms with van der Waals surface area (Å²) in [5.41, 5.74) is 2.05. The number of hydrogen-bond acceptors (Lipinski definition) is 5. The molecule has 1 aromatic heterocycles. The number of nitrogens with zero attached hydrogens (tertiary/aromatic N) is 2. The summed E-state index contributed by atoms with van der Waals surface area (Å²) in [6, 6.07) is 0. The maximum Gasteiger partial charge on any atom is 0.232 e. The normalized spacial score (nSPS) is 16.4. The third-order valence-corrected chi connectivity index (χ3v) is 4.29. The molecule has 0 unspecified atom stereocenters. The molecule has 1 aromatic rings. The summed E-state index contributed by atoms with van der Waals surface area (Å²) in [6.45, 7) is 7.46. The molecule has 1 amide bonds. The van der Waals surface area contributed by atoms with E-state index in [4.69, 9.17) is 4.52 Å². The van der Waals surface area contributed by atoms with Gasteiger partial charge in [0.15, 0.2) is 0 Å². The Hall–Kier alpha value is -1.01. The molecule has 1 saturated heterocycles. The van der Waals surface area contributed by atoms with Crippen molar-refractivity contribution in [3.05, 3.63) is 17.0 Å². The number of carbonyl (C=O) groups is 1. The second-order valence-electron chi connectivity index (χ2n) is 4.78. The Morgan fingerprint density at radius 3 is 3.00 bits per heavy atom. The van der Waals surface area contributed by atoms with E-state index in [1.807, 2.05) is 18.7 Å². The van der Waals surface area contributed by atoms with Crippen LogP contribution in [0.2, 0.25) is 0 Å². The van der Waals surface area contributed by atoms with Crippen LogP contribution in [0.1, 0.15) is 23.4 Å². The highest BCUT2D eigenvalue weighted by Crippen LogP contribution is 2.19. The zero-order valence-corrected chi connectivity index (χ0v) is 12.4. The molecule has 19 heavy (non-hydrogen) atoms. The topological polar surface area (TPSA) is 58.4 Å². The van der Waals surface area contributed by atoms with Crippen molar-refractivity contribution < 1.29 is 9.32 Å². The Balaban J connectivity index is 1.77. The minimum absolute atomic E-state index is 0.237. The van der Waals surface area contributed by atoms with E-state index in [-0.39, 0.29) is 5.91 Å². The summed E-state index contributed by atoms with van der Waals surface area (Å²) in [5.74, 6) is 2.42. The lowest BCUT2D eigenvalue weighted by Crippen LogP contribution is -2.35.